The predicted octanol–water partition coefficient (Wildman–Crippen LogP) is 6.06. The zero-order valence-corrected chi connectivity index (χ0v) is 19.4. The van der Waals surface area contributed by atoms with Crippen LogP contribution < -0.4 is 15.4 Å². The van der Waals surface area contributed by atoms with Gasteiger partial charge in [-0.3, -0.25) is 10.1 Å². The summed E-state index contributed by atoms with van der Waals surface area (Å²) in [7, 11) is 1.14. The number of nitrogens with zero attached hydrogens (tertiary/aromatic N) is 3. The smallest absolute Gasteiger partial charge is 0.421 e. The molecule has 0 aliphatic carbocycles. The Hall–Kier alpha value is -3.78. The average Bonchev–Trinajstić information content (AvgIpc) is 2.75. The van der Waals surface area contributed by atoms with E-state index in [-0.39, 0.29) is 22.7 Å². The first kappa shape index (κ1) is 26.8. The molecule has 2 aromatic carbocycles. The van der Waals surface area contributed by atoms with Crippen molar-refractivity contribution in [2.24, 2.45) is 0 Å². The summed E-state index contributed by atoms with van der Waals surface area (Å²) in [5.74, 6) is -3.63. The van der Waals surface area contributed by atoms with Gasteiger partial charge in [0.25, 0.3) is 0 Å². The first-order valence-electron chi connectivity index (χ1n) is 9.84. The molecule has 1 heterocycles. The number of nitro benzene ring substituents is 1. The SMILES string of the molecule is COc1cc(F)c([N+](=O)[O-])cc1Nc1ncc(C(F)(F)F)c(Nc2cc(Cl)c(F)cc2C(C)(C)O)n1. The van der Waals surface area contributed by atoms with Gasteiger partial charge in [-0.25, -0.2) is 9.37 Å². The molecule has 0 spiro atoms. The van der Waals surface area contributed by atoms with Gasteiger partial charge in [0.05, 0.1) is 28.3 Å². The largest absolute Gasteiger partial charge is 0.494 e. The number of halogens is 6. The normalized spacial score (nSPS) is 11.8. The Morgan fingerprint density at radius 1 is 1.06 bits per heavy atom. The number of aromatic nitrogens is 2. The number of anilines is 4. The van der Waals surface area contributed by atoms with Crippen molar-refractivity contribution < 1.29 is 36.7 Å². The van der Waals surface area contributed by atoms with Crippen LogP contribution in [0.25, 0.3) is 0 Å². The third-order valence-corrected chi connectivity index (χ3v) is 5.07. The van der Waals surface area contributed by atoms with Crippen molar-refractivity contribution in [2.45, 2.75) is 25.6 Å². The number of rotatable bonds is 7. The number of ether oxygens (including phenoxy) is 1. The van der Waals surface area contributed by atoms with Crippen LogP contribution in [0.15, 0.2) is 30.5 Å². The molecule has 15 heteroatoms. The second-order valence-electron chi connectivity index (χ2n) is 7.84. The number of hydrogen-bond acceptors (Lipinski definition) is 8. The van der Waals surface area contributed by atoms with Crippen LogP contribution in [0, 0.1) is 21.7 Å². The maximum absolute atomic E-state index is 14.0. The highest BCUT2D eigenvalue weighted by Crippen LogP contribution is 2.39. The molecule has 0 fully saturated rings. The highest BCUT2D eigenvalue weighted by molar-refractivity contribution is 6.31. The minimum Gasteiger partial charge on any atom is -0.494 e. The Morgan fingerprint density at radius 2 is 1.72 bits per heavy atom. The molecule has 0 amide bonds. The highest BCUT2D eigenvalue weighted by atomic mass is 35.5. The van der Waals surface area contributed by atoms with Crippen molar-refractivity contribution in [1.82, 2.24) is 9.97 Å². The van der Waals surface area contributed by atoms with E-state index in [4.69, 9.17) is 16.3 Å². The van der Waals surface area contributed by atoms with Gasteiger partial charge in [-0.15, -0.1) is 0 Å². The van der Waals surface area contributed by atoms with Crippen LogP contribution in [0.3, 0.4) is 0 Å². The number of nitro groups is 1. The molecule has 0 unspecified atom stereocenters. The quantitative estimate of drug-likeness (QED) is 0.190. The van der Waals surface area contributed by atoms with Crippen molar-refractivity contribution in [2.75, 3.05) is 17.7 Å². The van der Waals surface area contributed by atoms with E-state index in [2.05, 4.69) is 20.6 Å². The molecule has 36 heavy (non-hydrogen) atoms. The lowest BCUT2D eigenvalue weighted by atomic mass is 9.96. The van der Waals surface area contributed by atoms with Gasteiger partial charge in [0.2, 0.25) is 11.8 Å². The molecule has 0 saturated heterocycles. The van der Waals surface area contributed by atoms with Gasteiger partial charge in [-0.1, -0.05) is 11.6 Å². The molecule has 0 aliphatic rings. The van der Waals surface area contributed by atoms with Crippen LogP contribution in [-0.4, -0.2) is 27.1 Å². The monoisotopic (exact) mass is 533 g/mol. The Bertz CT molecular complexity index is 1330. The Kier molecular flexibility index (Phi) is 7.22. The summed E-state index contributed by atoms with van der Waals surface area (Å²) in [6.07, 6.45) is -4.51. The molecule has 0 saturated carbocycles. The van der Waals surface area contributed by atoms with Gasteiger partial charge in [0, 0.05) is 29.6 Å². The lowest BCUT2D eigenvalue weighted by molar-refractivity contribution is -0.387. The summed E-state index contributed by atoms with van der Waals surface area (Å²) in [4.78, 5) is 17.4. The number of benzene rings is 2. The van der Waals surface area contributed by atoms with E-state index in [1.807, 2.05) is 0 Å². The summed E-state index contributed by atoms with van der Waals surface area (Å²) in [6.45, 7) is 2.57. The minimum absolute atomic E-state index is 0.124. The number of hydrogen-bond donors (Lipinski definition) is 3. The molecule has 0 radical (unpaired) electrons. The van der Waals surface area contributed by atoms with E-state index in [0.29, 0.717) is 12.3 Å². The Labute approximate surface area is 205 Å². The molecule has 1 aromatic heterocycles. The van der Waals surface area contributed by atoms with Crippen molar-refractivity contribution >= 4 is 40.4 Å². The van der Waals surface area contributed by atoms with E-state index in [1.165, 1.54) is 13.8 Å². The second kappa shape index (κ2) is 9.70. The molecule has 3 rings (SSSR count). The van der Waals surface area contributed by atoms with Gasteiger partial charge < -0.3 is 20.5 Å². The fourth-order valence-electron chi connectivity index (χ4n) is 3.10. The van der Waals surface area contributed by atoms with E-state index < -0.39 is 56.4 Å². The maximum atomic E-state index is 14.0. The first-order valence-corrected chi connectivity index (χ1v) is 10.2. The zero-order valence-electron chi connectivity index (χ0n) is 18.7. The molecule has 9 nitrogen and oxygen atoms in total. The van der Waals surface area contributed by atoms with E-state index >= 15 is 0 Å². The third-order valence-electron chi connectivity index (χ3n) is 4.78. The first-order chi connectivity index (χ1) is 16.6. The molecule has 0 aliphatic heterocycles. The second-order valence-corrected chi connectivity index (χ2v) is 8.24. The van der Waals surface area contributed by atoms with Crippen LogP contribution in [-0.2, 0) is 11.8 Å². The molecule has 192 valence electrons. The highest BCUT2D eigenvalue weighted by Gasteiger charge is 2.36. The fraction of sp³-hybridized carbons (Fsp3) is 0.238. The standard InChI is InChI=1S/C21H17ClF5N5O4/c1-20(2,33)9-4-12(23)11(22)5-14(9)29-18-10(21(25,26)27)8-28-19(31-18)30-15-7-16(32(34)35)13(24)6-17(15)36-3/h4-8,33H,1-3H3,(H2,28,29,30,31). The summed E-state index contributed by atoms with van der Waals surface area (Å²) < 4.78 is 73.9. The lowest BCUT2D eigenvalue weighted by Crippen LogP contribution is -2.19. The number of methoxy groups -OCH3 is 1. The van der Waals surface area contributed by atoms with Gasteiger partial charge in [-0.2, -0.15) is 22.5 Å². The number of alkyl halides is 3. The van der Waals surface area contributed by atoms with Crippen molar-refractivity contribution in [3.63, 3.8) is 0 Å². The van der Waals surface area contributed by atoms with E-state index in [1.54, 1.807) is 0 Å². The molecular formula is C21H17ClF5N5O4. The van der Waals surface area contributed by atoms with Gasteiger partial charge in [-0.05, 0) is 26.0 Å². The van der Waals surface area contributed by atoms with Crippen LogP contribution in [0.4, 0.5) is 50.8 Å². The topological polar surface area (TPSA) is 122 Å². The fourth-order valence-corrected chi connectivity index (χ4v) is 3.26. The zero-order chi connectivity index (χ0) is 27.0. The number of nitrogens with one attached hydrogen (secondary N) is 2. The molecule has 0 atom stereocenters. The van der Waals surface area contributed by atoms with Crippen LogP contribution in [0.2, 0.25) is 5.02 Å². The summed E-state index contributed by atoms with van der Waals surface area (Å²) >= 11 is 5.79. The van der Waals surface area contributed by atoms with Crippen LogP contribution in [0.5, 0.6) is 5.75 Å². The number of aliphatic hydroxyl groups is 1. The van der Waals surface area contributed by atoms with E-state index in [9.17, 15) is 37.2 Å². The lowest BCUT2D eigenvalue weighted by Gasteiger charge is -2.23. The third kappa shape index (κ3) is 5.71. The maximum Gasteiger partial charge on any atom is 0.421 e. The molecule has 0 bridgehead atoms. The summed E-state index contributed by atoms with van der Waals surface area (Å²) in [5, 5.41) is 25.9. The van der Waals surface area contributed by atoms with Gasteiger partial charge in [0.15, 0.2) is 0 Å². The Balaban J connectivity index is 2.13. The summed E-state index contributed by atoms with van der Waals surface area (Å²) in [5.41, 5.74) is -4.47. The average molecular weight is 534 g/mol. The van der Waals surface area contributed by atoms with Crippen molar-refractivity contribution in [1.29, 1.82) is 0 Å². The molecular weight excluding hydrogens is 517 g/mol. The molecule has 3 N–H and O–H groups in total. The van der Waals surface area contributed by atoms with Crippen LogP contribution in [0.1, 0.15) is 25.0 Å². The van der Waals surface area contributed by atoms with Gasteiger partial charge in [0.1, 0.15) is 22.9 Å². The Morgan fingerprint density at radius 3 is 2.28 bits per heavy atom. The van der Waals surface area contributed by atoms with Crippen molar-refractivity contribution in [3.8, 4) is 5.75 Å². The predicted molar refractivity (Wildman–Crippen MR) is 120 cm³/mol. The van der Waals surface area contributed by atoms with E-state index in [0.717, 1.165) is 25.3 Å². The van der Waals surface area contributed by atoms with Crippen LogP contribution >= 0.6 is 11.6 Å². The molecule has 3 aromatic rings. The summed E-state index contributed by atoms with van der Waals surface area (Å²) in [6, 6.07) is 3.31. The van der Waals surface area contributed by atoms with Crippen molar-refractivity contribution in [3.05, 3.63) is 68.4 Å². The minimum atomic E-state index is -4.94. The van der Waals surface area contributed by atoms with Gasteiger partial charge >= 0.3 is 11.9 Å².